The Bertz CT molecular complexity index is 671. The molecule has 0 saturated heterocycles. The summed E-state index contributed by atoms with van der Waals surface area (Å²) in [7, 11) is 0. The van der Waals surface area contributed by atoms with Gasteiger partial charge in [-0.15, -0.1) is 0 Å². The van der Waals surface area contributed by atoms with E-state index in [1.165, 1.54) is 122 Å². The van der Waals surface area contributed by atoms with Gasteiger partial charge in [0.05, 0.1) is 6.61 Å². The molecule has 0 amide bonds. The summed E-state index contributed by atoms with van der Waals surface area (Å²) in [4.78, 5) is 24.2. The molecule has 0 spiro atoms. The van der Waals surface area contributed by atoms with Gasteiger partial charge in [-0.1, -0.05) is 160 Å². The van der Waals surface area contributed by atoms with E-state index in [2.05, 4.69) is 38.2 Å². The minimum absolute atomic E-state index is 0.0661. The lowest BCUT2D eigenvalue weighted by Gasteiger charge is -2.15. The smallest absolute Gasteiger partial charge is 0.306 e. The zero-order valence-corrected chi connectivity index (χ0v) is 29.2. The Labute approximate surface area is 273 Å². The molecule has 5 nitrogen and oxygen atoms in total. The largest absolute Gasteiger partial charge is 0.462 e. The first-order chi connectivity index (χ1) is 21.6. The Hall–Kier alpha value is -1.62. The lowest BCUT2D eigenvalue weighted by molar-refractivity contribution is -0.161. The summed E-state index contributed by atoms with van der Waals surface area (Å²) in [5.41, 5.74) is 0. The van der Waals surface area contributed by atoms with Crippen LogP contribution in [0.25, 0.3) is 0 Å². The van der Waals surface area contributed by atoms with E-state index in [0.717, 1.165) is 44.9 Å². The Morgan fingerprint density at radius 2 is 0.909 bits per heavy atom. The van der Waals surface area contributed by atoms with Gasteiger partial charge in [-0.05, 0) is 44.9 Å². The lowest BCUT2D eigenvalue weighted by Crippen LogP contribution is -2.28. The van der Waals surface area contributed by atoms with Crippen molar-refractivity contribution in [2.75, 3.05) is 13.2 Å². The van der Waals surface area contributed by atoms with Gasteiger partial charge in [-0.3, -0.25) is 9.59 Å². The Kier molecular flexibility index (Phi) is 34.5. The van der Waals surface area contributed by atoms with Gasteiger partial charge in [0.15, 0.2) is 6.10 Å². The molecular formula is C39H72O5. The van der Waals surface area contributed by atoms with E-state index in [1.54, 1.807) is 0 Å². The van der Waals surface area contributed by atoms with Gasteiger partial charge in [0, 0.05) is 12.8 Å². The third-order valence-corrected chi connectivity index (χ3v) is 8.25. The predicted octanol–water partition coefficient (Wildman–Crippen LogP) is 11.5. The molecule has 258 valence electrons. The fourth-order valence-corrected chi connectivity index (χ4v) is 5.35. The van der Waals surface area contributed by atoms with Gasteiger partial charge in [0.1, 0.15) is 6.61 Å². The molecular weight excluding hydrogens is 548 g/mol. The number of aliphatic hydroxyl groups excluding tert-OH is 1. The van der Waals surface area contributed by atoms with Gasteiger partial charge in [0.2, 0.25) is 0 Å². The van der Waals surface area contributed by atoms with Gasteiger partial charge >= 0.3 is 11.9 Å². The average Bonchev–Trinajstić information content (AvgIpc) is 3.02. The molecule has 0 saturated carbocycles. The van der Waals surface area contributed by atoms with Crippen LogP contribution in [-0.4, -0.2) is 36.4 Å². The maximum absolute atomic E-state index is 12.1. The van der Waals surface area contributed by atoms with E-state index in [-0.39, 0.29) is 25.2 Å². The molecule has 0 rings (SSSR count). The maximum atomic E-state index is 12.1. The number of rotatable bonds is 34. The second-order valence-corrected chi connectivity index (χ2v) is 12.7. The SMILES string of the molecule is CCCCCC=CCC=CCCCCCCCCCC(=O)OCC(CO)OC(=O)CCCCCCCCCCCCCCC. The first kappa shape index (κ1) is 42.4. The number of allylic oxidation sites excluding steroid dienone is 4. The molecule has 0 aromatic rings. The molecule has 1 atom stereocenters. The zero-order valence-electron chi connectivity index (χ0n) is 29.2. The van der Waals surface area contributed by atoms with Crippen molar-refractivity contribution in [2.45, 2.75) is 200 Å². The van der Waals surface area contributed by atoms with Crippen molar-refractivity contribution in [3.05, 3.63) is 24.3 Å². The average molecular weight is 621 g/mol. The van der Waals surface area contributed by atoms with Crippen molar-refractivity contribution in [3.8, 4) is 0 Å². The van der Waals surface area contributed by atoms with Crippen LogP contribution in [0.2, 0.25) is 0 Å². The third kappa shape index (κ3) is 33.3. The third-order valence-electron chi connectivity index (χ3n) is 8.25. The van der Waals surface area contributed by atoms with Crippen LogP contribution in [0.5, 0.6) is 0 Å². The number of carbonyl (C=O) groups excluding carboxylic acids is 2. The van der Waals surface area contributed by atoms with Gasteiger partial charge < -0.3 is 14.6 Å². The molecule has 0 radical (unpaired) electrons. The molecule has 0 aromatic carbocycles. The second-order valence-electron chi connectivity index (χ2n) is 12.7. The van der Waals surface area contributed by atoms with Crippen molar-refractivity contribution < 1.29 is 24.2 Å². The first-order valence-corrected chi connectivity index (χ1v) is 18.9. The van der Waals surface area contributed by atoms with E-state index in [9.17, 15) is 14.7 Å². The van der Waals surface area contributed by atoms with Crippen LogP contribution in [0.15, 0.2) is 24.3 Å². The zero-order chi connectivity index (χ0) is 32.2. The van der Waals surface area contributed by atoms with Gasteiger partial charge in [0.25, 0.3) is 0 Å². The topological polar surface area (TPSA) is 72.8 Å². The Balaban J connectivity index is 3.55. The highest BCUT2D eigenvalue weighted by Gasteiger charge is 2.16. The fourth-order valence-electron chi connectivity index (χ4n) is 5.35. The molecule has 0 aromatic heterocycles. The highest BCUT2D eigenvalue weighted by Crippen LogP contribution is 2.14. The Morgan fingerprint density at radius 3 is 1.39 bits per heavy atom. The second kappa shape index (κ2) is 35.9. The molecule has 5 heteroatoms. The van der Waals surface area contributed by atoms with Crippen LogP contribution in [0.4, 0.5) is 0 Å². The van der Waals surface area contributed by atoms with Crippen LogP contribution in [0.3, 0.4) is 0 Å². The van der Waals surface area contributed by atoms with Crippen molar-refractivity contribution in [2.24, 2.45) is 0 Å². The van der Waals surface area contributed by atoms with Crippen molar-refractivity contribution in [3.63, 3.8) is 0 Å². The van der Waals surface area contributed by atoms with Crippen LogP contribution in [0, 0.1) is 0 Å². The van der Waals surface area contributed by atoms with Gasteiger partial charge in [-0.25, -0.2) is 0 Å². The van der Waals surface area contributed by atoms with Crippen molar-refractivity contribution >= 4 is 11.9 Å². The van der Waals surface area contributed by atoms with Crippen LogP contribution >= 0.6 is 0 Å². The number of hydrogen-bond acceptors (Lipinski definition) is 5. The van der Waals surface area contributed by atoms with E-state index < -0.39 is 6.10 Å². The maximum Gasteiger partial charge on any atom is 0.306 e. The summed E-state index contributed by atoms with van der Waals surface area (Å²) in [6.07, 6.45) is 40.9. The van der Waals surface area contributed by atoms with Crippen molar-refractivity contribution in [1.29, 1.82) is 0 Å². The van der Waals surface area contributed by atoms with Crippen LogP contribution in [-0.2, 0) is 19.1 Å². The summed E-state index contributed by atoms with van der Waals surface area (Å²) >= 11 is 0. The highest BCUT2D eigenvalue weighted by atomic mass is 16.6. The summed E-state index contributed by atoms with van der Waals surface area (Å²) in [6, 6.07) is 0. The molecule has 0 fully saturated rings. The van der Waals surface area contributed by atoms with Gasteiger partial charge in [-0.2, -0.15) is 0 Å². The summed E-state index contributed by atoms with van der Waals surface area (Å²) in [5.74, 6) is -0.594. The molecule has 44 heavy (non-hydrogen) atoms. The normalized spacial score (nSPS) is 12.3. The van der Waals surface area contributed by atoms with Crippen LogP contribution in [0.1, 0.15) is 194 Å². The number of hydrogen-bond donors (Lipinski definition) is 1. The minimum Gasteiger partial charge on any atom is -0.462 e. The van der Waals surface area contributed by atoms with E-state index >= 15 is 0 Å². The molecule has 0 heterocycles. The number of esters is 2. The molecule has 0 aliphatic heterocycles. The molecule has 1 unspecified atom stereocenters. The first-order valence-electron chi connectivity index (χ1n) is 18.9. The monoisotopic (exact) mass is 621 g/mol. The summed E-state index contributed by atoms with van der Waals surface area (Å²) in [6.45, 7) is 4.11. The molecule has 0 bridgehead atoms. The van der Waals surface area contributed by atoms with E-state index in [4.69, 9.17) is 9.47 Å². The van der Waals surface area contributed by atoms with Crippen molar-refractivity contribution in [1.82, 2.24) is 0 Å². The quantitative estimate of drug-likeness (QED) is 0.0440. The summed E-state index contributed by atoms with van der Waals surface area (Å²) < 4.78 is 10.6. The summed E-state index contributed by atoms with van der Waals surface area (Å²) in [5, 5.41) is 9.53. The highest BCUT2D eigenvalue weighted by molar-refractivity contribution is 5.70. The Morgan fingerprint density at radius 1 is 0.523 bits per heavy atom. The van der Waals surface area contributed by atoms with E-state index in [1.807, 2.05) is 0 Å². The molecule has 1 N–H and O–H groups in total. The number of unbranched alkanes of at least 4 members (excludes halogenated alkanes) is 22. The van der Waals surface area contributed by atoms with E-state index in [0.29, 0.717) is 12.8 Å². The fraction of sp³-hybridized carbons (Fsp3) is 0.846. The molecule has 0 aliphatic rings. The molecule has 0 aliphatic carbocycles. The number of carbonyl (C=O) groups is 2. The number of ether oxygens (including phenoxy) is 2. The standard InChI is InChI=1S/C39H72O5/c1-3-5-7-9-11-13-15-17-18-19-20-22-23-25-27-29-31-33-38(41)43-36-37(35-40)44-39(42)34-32-30-28-26-24-21-16-14-12-10-8-6-4-2/h11,13,17-18,37,40H,3-10,12,14-16,19-36H2,1-2H3. The number of aliphatic hydroxyl groups is 1. The minimum atomic E-state index is -0.768. The van der Waals surface area contributed by atoms with Crippen LogP contribution < -0.4 is 0 Å². The predicted molar refractivity (Wildman–Crippen MR) is 187 cm³/mol. The lowest BCUT2D eigenvalue weighted by atomic mass is 10.0.